The van der Waals surface area contributed by atoms with Gasteiger partial charge in [-0.3, -0.25) is 10.1 Å². The SMILES string of the molecule is C[C@H](N[C@H](C)c1ccc(Cl)cc1Cl)C(=O)Nc1ccc(N2CCOCC2)cc1. The number of carbonyl (C=O) groups is 1. The third-order valence-electron chi connectivity index (χ3n) is 4.83. The van der Waals surface area contributed by atoms with Crippen molar-refractivity contribution < 1.29 is 9.53 Å². The van der Waals surface area contributed by atoms with Gasteiger partial charge in [-0.25, -0.2) is 0 Å². The normalized spacial score (nSPS) is 16.5. The Hall–Kier alpha value is -1.79. The van der Waals surface area contributed by atoms with E-state index in [1.54, 1.807) is 12.1 Å². The molecule has 1 aliphatic rings. The van der Waals surface area contributed by atoms with Gasteiger partial charge in [-0.1, -0.05) is 29.3 Å². The van der Waals surface area contributed by atoms with Gasteiger partial charge in [-0.05, 0) is 55.8 Å². The summed E-state index contributed by atoms with van der Waals surface area (Å²) in [6.07, 6.45) is 0. The molecule has 2 aromatic rings. The van der Waals surface area contributed by atoms with Crippen LogP contribution in [0.1, 0.15) is 25.5 Å². The molecule has 5 nitrogen and oxygen atoms in total. The van der Waals surface area contributed by atoms with Gasteiger partial charge in [0.05, 0.1) is 19.3 Å². The predicted molar refractivity (Wildman–Crippen MR) is 116 cm³/mol. The lowest BCUT2D eigenvalue weighted by molar-refractivity contribution is -0.117. The van der Waals surface area contributed by atoms with Crippen LogP contribution in [-0.4, -0.2) is 38.3 Å². The number of benzene rings is 2. The van der Waals surface area contributed by atoms with Crippen molar-refractivity contribution >= 4 is 40.5 Å². The van der Waals surface area contributed by atoms with Crippen molar-refractivity contribution in [3.05, 3.63) is 58.1 Å². The molecule has 0 bridgehead atoms. The highest BCUT2D eigenvalue weighted by Crippen LogP contribution is 2.26. The molecule has 0 aliphatic carbocycles. The Morgan fingerprint density at radius 1 is 1.07 bits per heavy atom. The van der Waals surface area contributed by atoms with Gasteiger partial charge in [0.2, 0.25) is 5.91 Å². The van der Waals surface area contributed by atoms with Gasteiger partial charge in [-0.15, -0.1) is 0 Å². The molecule has 0 unspecified atom stereocenters. The highest BCUT2D eigenvalue weighted by Gasteiger charge is 2.18. The maximum Gasteiger partial charge on any atom is 0.241 e. The summed E-state index contributed by atoms with van der Waals surface area (Å²) in [7, 11) is 0. The van der Waals surface area contributed by atoms with Crippen LogP contribution in [0, 0.1) is 0 Å². The summed E-state index contributed by atoms with van der Waals surface area (Å²) in [5, 5.41) is 7.40. The highest BCUT2D eigenvalue weighted by molar-refractivity contribution is 6.35. The van der Waals surface area contributed by atoms with Crippen LogP contribution < -0.4 is 15.5 Å². The second kappa shape index (κ2) is 9.61. The molecule has 150 valence electrons. The number of anilines is 2. The van der Waals surface area contributed by atoms with Crippen molar-refractivity contribution in [3.63, 3.8) is 0 Å². The summed E-state index contributed by atoms with van der Waals surface area (Å²) in [6.45, 7) is 7.07. The van der Waals surface area contributed by atoms with E-state index in [1.165, 1.54) is 0 Å². The van der Waals surface area contributed by atoms with Gasteiger partial charge in [0.25, 0.3) is 0 Å². The summed E-state index contributed by atoms with van der Waals surface area (Å²) in [4.78, 5) is 14.8. The van der Waals surface area contributed by atoms with Crippen LogP contribution in [0.2, 0.25) is 10.0 Å². The minimum absolute atomic E-state index is 0.0887. The number of nitrogens with zero attached hydrogens (tertiary/aromatic N) is 1. The number of nitrogens with one attached hydrogen (secondary N) is 2. The molecule has 3 rings (SSSR count). The molecule has 1 aliphatic heterocycles. The number of halogens is 2. The number of morpholine rings is 1. The molecule has 1 amide bonds. The summed E-state index contributed by atoms with van der Waals surface area (Å²) in [5.41, 5.74) is 2.81. The number of hydrogen-bond acceptors (Lipinski definition) is 4. The summed E-state index contributed by atoms with van der Waals surface area (Å²) in [6, 6.07) is 12.8. The first-order chi connectivity index (χ1) is 13.4. The van der Waals surface area contributed by atoms with Gasteiger partial charge < -0.3 is 15.0 Å². The maximum atomic E-state index is 12.6. The molecule has 28 heavy (non-hydrogen) atoms. The number of amides is 1. The molecule has 2 aromatic carbocycles. The predicted octanol–water partition coefficient (Wildman–Crippen LogP) is 4.51. The largest absolute Gasteiger partial charge is 0.378 e. The Kier molecular flexibility index (Phi) is 7.18. The van der Waals surface area contributed by atoms with Crippen LogP contribution in [0.4, 0.5) is 11.4 Å². The van der Waals surface area contributed by atoms with Crippen molar-refractivity contribution in [1.82, 2.24) is 5.32 Å². The molecule has 2 atom stereocenters. The molecule has 1 heterocycles. The van der Waals surface area contributed by atoms with Crippen LogP contribution in [-0.2, 0) is 9.53 Å². The topological polar surface area (TPSA) is 53.6 Å². The lowest BCUT2D eigenvalue weighted by Crippen LogP contribution is -2.39. The van der Waals surface area contributed by atoms with E-state index < -0.39 is 0 Å². The van der Waals surface area contributed by atoms with Crippen LogP contribution in [0.15, 0.2) is 42.5 Å². The molecule has 1 fully saturated rings. The zero-order valence-electron chi connectivity index (χ0n) is 16.0. The van der Waals surface area contributed by atoms with E-state index in [1.807, 2.05) is 44.2 Å². The van der Waals surface area contributed by atoms with Gasteiger partial charge in [-0.2, -0.15) is 0 Å². The molecule has 1 saturated heterocycles. The zero-order chi connectivity index (χ0) is 20.1. The molecule has 0 radical (unpaired) electrons. The average molecular weight is 422 g/mol. The first-order valence-corrected chi connectivity index (χ1v) is 10.1. The van der Waals surface area contributed by atoms with Crippen molar-refractivity contribution in [3.8, 4) is 0 Å². The van der Waals surface area contributed by atoms with Crippen molar-refractivity contribution in [1.29, 1.82) is 0 Å². The van der Waals surface area contributed by atoms with Crippen molar-refractivity contribution in [2.24, 2.45) is 0 Å². The zero-order valence-corrected chi connectivity index (χ0v) is 17.6. The summed E-state index contributed by atoms with van der Waals surface area (Å²) in [5.74, 6) is -0.101. The number of rotatable bonds is 6. The summed E-state index contributed by atoms with van der Waals surface area (Å²) < 4.78 is 5.38. The van der Waals surface area contributed by atoms with Gasteiger partial charge >= 0.3 is 0 Å². The van der Waals surface area contributed by atoms with E-state index in [0.29, 0.717) is 10.0 Å². The second-order valence-corrected chi connectivity index (χ2v) is 7.76. The molecule has 7 heteroatoms. The van der Waals surface area contributed by atoms with E-state index in [9.17, 15) is 4.79 Å². The van der Waals surface area contributed by atoms with Gasteiger partial charge in [0.1, 0.15) is 0 Å². The van der Waals surface area contributed by atoms with Crippen LogP contribution >= 0.6 is 23.2 Å². The fourth-order valence-corrected chi connectivity index (χ4v) is 3.79. The number of ether oxygens (including phenoxy) is 1. The van der Waals surface area contributed by atoms with E-state index >= 15 is 0 Å². The molecule has 0 saturated carbocycles. The van der Waals surface area contributed by atoms with E-state index in [-0.39, 0.29) is 18.0 Å². The standard InChI is InChI=1S/C21H25Cl2N3O2/c1-14(19-8-3-16(22)13-20(19)23)24-15(2)21(27)25-17-4-6-18(7-5-17)26-9-11-28-12-10-26/h3-8,13-15,24H,9-12H2,1-2H3,(H,25,27)/t14-,15+/m1/s1. The van der Waals surface area contributed by atoms with Gasteiger partial charge in [0.15, 0.2) is 0 Å². The van der Waals surface area contributed by atoms with Crippen LogP contribution in [0.25, 0.3) is 0 Å². The first kappa shape index (κ1) is 20.9. The fraction of sp³-hybridized carbons (Fsp3) is 0.381. The number of hydrogen-bond donors (Lipinski definition) is 2. The Balaban J connectivity index is 1.56. The lowest BCUT2D eigenvalue weighted by Gasteiger charge is -2.29. The van der Waals surface area contributed by atoms with E-state index in [4.69, 9.17) is 27.9 Å². The average Bonchev–Trinajstić information content (AvgIpc) is 2.69. The van der Waals surface area contributed by atoms with E-state index in [2.05, 4.69) is 15.5 Å². The van der Waals surface area contributed by atoms with Crippen molar-refractivity contribution in [2.75, 3.05) is 36.5 Å². The Bertz CT molecular complexity index is 808. The van der Waals surface area contributed by atoms with Crippen LogP contribution in [0.3, 0.4) is 0 Å². The number of carbonyl (C=O) groups excluding carboxylic acids is 1. The highest BCUT2D eigenvalue weighted by atomic mass is 35.5. The van der Waals surface area contributed by atoms with Crippen LogP contribution in [0.5, 0.6) is 0 Å². The van der Waals surface area contributed by atoms with Gasteiger partial charge in [0, 0.05) is 40.6 Å². The third kappa shape index (κ3) is 5.39. The maximum absolute atomic E-state index is 12.6. The molecule has 2 N–H and O–H groups in total. The minimum Gasteiger partial charge on any atom is -0.378 e. The smallest absolute Gasteiger partial charge is 0.241 e. The first-order valence-electron chi connectivity index (χ1n) is 9.38. The Labute approximate surface area is 176 Å². The van der Waals surface area contributed by atoms with E-state index in [0.717, 1.165) is 43.2 Å². The molecule has 0 aromatic heterocycles. The third-order valence-corrected chi connectivity index (χ3v) is 5.40. The summed E-state index contributed by atoms with van der Waals surface area (Å²) >= 11 is 12.2. The quantitative estimate of drug-likeness (QED) is 0.720. The molecular weight excluding hydrogens is 397 g/mol. The molecular formula is C21H25Cl2N3O2. The Morgan fingerprint density at radius 2 is 1.75 bits per heavy atom. The lowest BCUT2D eigenvalue weighted by atomic mass is 10.1. The van der Waals surface area contributed by atoms with Crippen molar-refractivity contribution in [2.45, 2.75) is 25.9 Å². The Morgan fingerprint density at radius 3 is 2.39 bits per heavy atom. The second-order valence-electron chi connectivity index (χ2n) is 6.91. The fourth-order valence-electron chi connectivity index (χ4n) is 3.22. The minimum atomic E-state index is -0.388. The monoisotopic (exact) mass is 421 g/mol. The molecule has 0 spiro atoms.